The largest absolute Gasteiger partial charge is 0.383 e. The van der Waals surface area contributed by atoms with Crippen LogP contribution in [0.5, 0.6) is 0 Å². The number of rotatable bonds is 7. The molecule has 0 bridgehead atoms. The first kappa shape index (κ1) is 28.1. The Kier molecular flexibility index (Phi) is 7.55. The third-order valence-electron chi connectivity index (χ3n) is 8.00. The number of fused-ring (bicyclic) bond motifs is 1. The molecule has 1 saturated heterocycles. The molecule has 4 aromatic heterocycles. The highest BCUT2D eigenvalue weighted by molar-refractivity contribution is 5.84. The van der Waals surface area contributed by atoms with E-state index < -0.39 is 0 Å². The minimum Gasteiger partial charge on any atom is -0.383 e. The predicted octanol–water partition coefficient (Wildman–Crippen LogP) is 5.61. The van der Waals surface area contributed by atoms with Crippen LogP contribution in [0.3, 0.4) is 0 Å². The number of nitrogens with one attached hydrogen (secondary N) is 1. The molecular weight excluding hydrogens is 567 g/mol. The van der Waals surface area contributed by atoms with Gasteiger partial charge < -0.3 is 11.1 Å². The van der Waals surface area contributed by atoms with Crippen molar-refractivity contribution in [3.05, 3.63) is 108 Å². The van der Waals surface area contributed by atoms with Gasteiger partial charge in [-0.25, -0.2) is 29.3 Å². The van der Waals surface area contributed by atoms with Crippen molar-refractivity contribution >= 4 is 22.9 Å². The van der Waals surface area contributed by atoms with E-state index in [2.05, 4.69) is 55.5 Å². The Morgan fingerprint density at radius 2 is 1.76 bits per heavy atom. The number of pyridine rings is 2. The number of halogens is 1. The number of hydrogen-bond acceptors (Lipinski definition) is 9. The standard InChI is InChI=1S/C34H29FN10/c35-24-4-1-3-23(19-24)29-10-11-30-33(42-29)45(32(43-30)28-5-2-15-38-31(28)37)27-8-6-22(7-9-27)21-44-17-13-25(14-18-44)40-34-39-16-12-26(20-36)41-34/h1-12,15-16,19,25H,13-14,17-18,21H2,(H2,37,38)(H,39,40,41). The molecule has 11 heteroatoms. The van der Waals surface area contributed by atoms with E-state index in [4.69, 9.17) is 21.0 Å². The van der Waals surface area contributed by atoms with Gasteiger partial charge in [0.05, 0.1) is 11.3 Å². The van der Waals surface area contributed by atoms with Crippen LogP contribution in [0.15, 0.2) is 91.3 Å². The van der Waals surface area contributed by atoms with Crippen molar-refractivity contribution in [2.45, 2.75) is 25.4 Å². The summed E-state index contributed by atoms with van der Waals surface area (Å²) in [6.07, 6.45) is 5.16. The van der Waals surface area contributed by atoms with Gasteiger partial charge in [0, 0.05) is 49.3 Å². The van der Waals surface area contributed by atoms with Crippen LogP contribution in [0.2, 0.25) is 0 Å². The highest BCUT2D eigenvalue weighted by Gasteiger charge is 2.21. The lowest BCUT2D eigenvalue weighted by Crippen LogP contribution is -2.39. The third-order valence-corrected chi connectivity index (χ3v) is 8.00. The summed E-state index contributed by atoms with van der Waals surface area (Å²) in [5.74, 6) is 1.19. The maximum absolute atomic E-state index is 14.0. The van der Waals surface area contributed by atoms with Crippen LogP contribution in [0.1, 0.15) is 24.1 Å². The lowest BCUT2D eigenvalue weighted by atomic mass is 10.0. The number of hydrogen-bond donors (Lipinski definition) is 2. The van der Waals surface area contributed by atoms with E-state index in [0.29, 0.717) is 51.3 Å². The number of nitrogens with two attached hydrogens (primary N) is 1. The molecule has 1 aliphatic rings. The Balaban J connectivity index is 1.13. The number of benzene rings is 2. The Hall–Kier alpha value is -5.73. The number of imidazole rings is 1. The molecule has 1 fully saturated rings. The van der Waals surface area contributed by atoms with Crippen molar-refractivity contribution in [3.8, 4) is 34.4 Å². The first-order chi connectivity index (χ1) is 22.0. The maximum atomic E-state index is 14.0. The molecule has 10 nitrogen and oxygen atoms in total. The normalized spacial score (nSPS) is 14.0. The quantitative estimate of drug-likeness (QED) is 0.241. The number of nitrogen functional groups attached to an aromatic ring is 1. The number of nitriles is 1. The summed E-state index contributed by atoms with van der Waals surface area (Å²) in [5.41, 5.74) is 12.1. The SMILES string of the molecule is N#Cc1ccnc(NC2CCN(Cc3ccc(-n4c(-c5cccnc5N)nc5ccc(-c6cccc(F)c6)nc54)cc3)CC2)n1. The lowest BCUT2D eigenvalue weighted by Gasteiger charge is -2.32. The second-order valence-electron chi connectivity index (χ2n) is 11.0. The first-order valence-electron chi connectivity index (χ1n) is 14.7. The van der Waals surface area contributed by atoms with E-state index in [-0.39, 0.29) is 11.9 Å². The fourth-order valence-electron chi connectivity index (χ4n) is 5.71. The molecule has 0 saturated carbocycles. The van der Waals surface area contributed by atoms with Gasteiger partial charge in [0.2, 0.25) is 5.95 Å². The van der Waals surface area contributed by atoms with E-state index in [0.717, 1.165) is 38.2 Å². The highest BCUT2D eigenvalue weighted by Crippen LogP contribution is 2.32. The molecule has 0 aliphatic carbocycles. The zero-order chi connectivity index (χ0) is 30.8. The van der Waals surface area contributed by atoms with Crippen molar-refractivity contribution < 1.29 is 4.39 Å². The van der Waals surface area contributed by atoms with Crippen LogP contribution < -0.4 is 11.1 Å². The van der Waals surface area contributed by atoms with Crippen molar-refractivity contribution in [3.63, 3.8) is 0 Å². The van der Waals surface area contributed by atoms with Gasteiger partial charge in [0.25, 0.3) is 0 Å². The summed E-state index contributed by atoms with van der Waals surface area (Å²) in [6, 6.07) is 26.2. The van der Waals surface area contributed by atoms with Crippen LogP contribution in [0.4, 0.5) is 16.2 Å². The molecule has 0 atom stereocenters. The van der Waals surface area contributed by atoms with Crippen LogP contribution in [0.25, 0.3) is 39.5 Å². The van der Waals surface area contributed by atoms with Crippen molar-refractivity contribution in [1.29, 1.82) is 5.26 Å². The van der Waals surface area contributed by atoms with Gasteiger partial charge in [-0.1, -0.05) is 24.3 Å². The molecule has 0 unspecified atom stereocenters. The molecule has 7 rings (SSSR count). The molecule has 6 aromatic rings. The number of likely N-dealkylation sites (tertiary alicyclic amines) is 1. The fourth-order valence-corrected chi connectivity index (χ4v) is 5.71. The second kappa shape index (κ2) is 12.1. The Morgan fingerprint density at radius 1 is 0.911 bits per heavy atom. The Morgan fingerprint density at radius 3 is 2.53 bits per heavy atom. The fraction of sp³-hybridized carbons (Fsp3) is 0.176. The maximum Gasteiger partial charge on any atom is 0.224 e. The minimum absolute atomic E-state index is 0.259. The summed E-state index contributed by atoms with van der Waals surface area (Å²) in [4.78, 5) is 25.0. The number of anilines is 2. The van der Waals surface area contributed by atoms with Crippen LogP contribution >= 0.6 is 0 Å². The first-order valence-corrected chi connectivity index (χ1v) is 14.7. The van der Waals surface area contributed by atoms with Crippen LogP contribution in [-0.2, 0) is 6.54 Å². The summed E-state index contributed by atoms with van der Waals surface area (Å²) >= 11 is 0. The van der Waals surface area contributed by atoms with Crippen molar-refractivity contribution in [1.82, 2.24) is 34.4 Å². The van der Waals surface area contributed by atoms with Gasteiger partial charge in [-0.2, -0.15) is 5.26 Å². The summed E-state index contributed by atoms with van der Waals surface area (Å²) in [7, 11) is 0. The van der Waals surface area contributed by atoms with Gasteiger partial charge in [-0.15, -0.1) is 0 Å². The monoisotopic (exact) mass is 596 g/mol. The van der Waals surface area contributed by atoms with Crippen LogP contribution in [0, 0.1) is 17.1 Å². The summed E-state index contributed by atoms with van der Waals surface area (Å²) in [5, 5.41) is 12.5. The van der Waals surface area contributed by atoms with E-state index >= 15 is 0 Å². The molecule has 1 aliphatic heterocycles. The molecule has 222 valence electrons. The van der Waals surface area contributed by atoms with E-state index in [9.17, 15) is 4.39 Å². The Bertz CT molecular complexity index is 2020. The van der Waals surface area contributed by atoms with E-state index in [1.54, 1.807) is 24.5 Å². The lowest BCUT2D eigenvalue weighted by molar-refractivity contribution is 0.211. The molecular formula is C34H29FN10. The minimum atomic E-state index is -0.317. The third kappa shape index (κ3) is 5.91. The molecule has 0 amide bonds. The zero-order valence-corrected chi connectivity index (χ0v) is 24.3. The number of piperidine rings is 1. The van der Waals surface area contributed by atoms with Gasteiger partial charge in [0.1, 0.15) is 28.9 Å². The highest BCUT2D eigenvalue weighted by atomic mass is 19.1. The van der Waals surface area contributed by atoms with Gasteiger partial charge in [-0.05, 0) is 73.0 Å². The summed E-state index contributed by atoms with van der Waals surface area (Å²) < 4.78 is 16.0. The predicted molar refractivity (Wildman–Crippen MR) is 171 cm³/mol. The van der Waals surface area contributed by atoms with Crippen molar-refractivity contribution in [2.75, 3.05) is 24.1 Å². The van der Waals surface area contributed by atoms with Gasteiger partial charge in [-0.3, -0.25) is 9.47 Å². The smallest absolute Gasteiger partial charge is 0.224 e. The molecule has 2 aromatic carbocycles. The Labute approximate surface area is 259 Å². The molecule has 45 heavy (non-hydrogen) atoms. The molecule has 3 N–H and O–H groups in total. The average molecular weight is 597 g/mol. The topological polar surface area (TPSA) is 134 Å². The molecule has 0 radical (unpaired) electrons. The van der Waals surface area contributed by atoms with Gasteiger partial charge in [0.15, 0.2) is 11.5 Å². The molecule has 0 spiro atoms. The average Bonchev–Trinajstić information content (AvgIpc) is 3.45. The molecule has 5 heterocycles. The van der Waals surface area contributed by atoms with Gasteiger partial charge >= 0.3 is 0 Å². The van der Waals surface area contributed by atoms with Crippen molar-refractivity contribution in [2.24, 2.45) is 0 Å². The number of aromatic nitrogens is 6. The zero-order valence-electron chi connectivity index (χ0n) is 24.3. The number of nitrogens with zero attached hydrogens (tertiary/aromatic N) is 8. The summed E-state index contributed by atoms with van der Waals surface area (Å²) in [6.45, 7) is 2.68. The second-order valence-corrected chi connectivity index (χ2v) is 11.0. The van der Waals surface area contributed by atoms with E-state index in [1.165, 1.54) is 17.7 Å². The van der Waals surface area contributed by atoms with Crippen LogP contribution in [-0.4, -0.2) is 53.5 Å². The van der Waals surface area contributed by atoms with E-state index in [1.807, 2.05) is 34.9 Å².